The summed E-state index contributed by atoms with van der Waals surface area (Å²) in [6.45, 7) is 6.21. The van der Waals surface area contributed by atoms with Gasteiger partial charge in [0.25, 0.3) is 0 Å². The average Bonchev–Trinajstić information content (AvgIpc) is 3.35. The molecule has 0 unspecified atom stereocenters. The molecule has 0 aliphatic carbocycles. The number of hydrogen-bond donors (Lipinski definition) is 1. The average molecular weight is 378 g/mol. The number of thiazole rings is 1. The molecule has 0 atom stereocenters. The van der Waals surface area contributed by atoms with Gasteiger partial charge in [0, 0.05) is 37.2 Å². The van der Waals surface area contributed by atoms with E-state index in [9.17, 15) is 0 Å². The molecule has 4 heterocycles. The van der Waals surface area contributed by atoms with Gasteiger partial charge in [-0.3, -0.25) is 4.90 Å². The summed E-state index contributed by atoms with van der Waals surface area (Å²) in [4.78, 5) is 8.81. The van der Waals surface area contributed by atoms with Gasteiger partial charge >= 0.3 is 0 Å². The van der Waals surface area contributed by atoms with Crippen LogP contribution in [0, 0.1) is 0 Å². The Hall–Kier alpha value is -0.790. The van der Waals surface area contributed by atoms with Gasteiger partial charge in [0.2, 0.25) is 0 Å². The summed E-state index contributed by atoms with van der Waals surface area (Å²) >= 11 is 3.51. The molecule has 2 aliphatic heterocycles. The van der Waals surface area contributed by atoms with Crippen LogP contribution in [0.25, 0.3) is 9.88 Å². The van der Waals surface area contributed by atoms with Crippen molar-refractivity contribution in [2.24, 2.45) is 0 Å². The second-order valence-electron chi connectivity index (χ2n) is 7.11. The summed E-state index contributed by atoms with van der Waals surface area (Å²) in [6, 6.07) is 4.24. The Bertz CT molecular complexity index is 643. The standard InChI is InChI=1S/C19H27N3OS2/c1-2-8-22(9-3-1)19(6-10-23-11-7-19)15-20-13-16-14-25-18(21-16)17-5-4-12-24-17/h4-5,12,14,20H,1-3,6-11,13,15H2. The third-order valence-electron chi connectivity index (χ3n) is 5.49. The maximum absolute atomic E-state index is 5.66. The minimum Gasteiger partial charge on any atom is -0.381 e. The molecule has 0 amide bonds. The summed E-state index contributed by atoms with van der Waals surface area (Å²) < 4.78 is 5.66. The molecule has 2 fully saturated rings. The normalized spacial score (nSPS) is 21.4. The molecule has 0 spiro atoms. The number of likely N-dealkylation sites (tertiary alicyclic amines) is 1. The predicted octanol–water partition coefficient (Wildman–Crippen LogP) is 4.00. The fraction of sp³-hybridized carbons (Fsp3) is 0.632. The molecule has 0 aromatic carbocycles. The number of aromatic nitrogens is 1. The van der Waals surface area contributed by atoms with Crippen LogP contribution in [0.2, 0.25) is 0 Å². The van der Waals surface area contributed by atoms with E-state index >= 15 is 0 Å². The minimum atomic E-state index is 0.283. The van der Waals surface area contributed by atoms with Crippen LogP contribution in [-0.4, -0.2) is 48.3 Å². The molecule has 2 saturated heterocycles. The van der Waals surface area contributed by atoms with Gasteiger partial charge in [-0.1, -0.05) is 12.5 Å². The number of rotatable bonds is 6. The van der Waals surface area contributed by atoms with Gasteiger partial charge in [-0.05, 0) is 50.2 Å². The number of nitrogens with one attached hydrogen (secondary N) is 1. The third kappa shape index (κ3) is 4.14. The molecular formula is C19H27N3OS2. The van der Waals surface area contributed by atoms with E-state index in [0.29, 0.717) is 0 Å². The molecule has 4 rings (SSSR count). The van der Waals surface area contributed by atoms with Crippen LogP contribution in [0.3, 0.4) is 0 Å². The topological polar surface area (TPSA) is 37.4 Å². The predicted molar refractivity (Wildman–Crippen MR) is 105 cm³/mol. The van der Waals surface area contributed by atoms with Crippen molar-refractivity contribution < 1.29 is 4.74 Å². The molecular weight excluding hydrogens is 350 g/mol. The lowest BCUT2D eigenvalue weighted by Gasteiger charge is -2.48. The van der Waals surface area contributed by atoms with Crippen LogP contribution in [0.4, 0.5) is 0 Å². The van der Waals surface area contributed by atoms with Crippen LogP contribution in [0.15, 0.2) is 22.9 Å². The van der Waals surface area contributed by atoms with E-state index in [0.717, 1.165) is 49.8 Å². The number of piperidine rings is 1. The van der Waals surface area contributed by atoms with E-state index in [1.807, 2.05) is 0 Å². The van der Waals surface area contributed by atoms with Gasteiger partial charge in [0.15, 0.2) is 0 Å². The van der Waals surface area contributed by atoms with Crippen molar-refractivity contribution in [1.82, 2.24) is 15.2 Å². The summed E-state index contributed by atoms with van der Waals surface area (Å²) in [6.07, 6.45) is 6.38. The summed E-state index contributed by atoms with van der Waals surface area (Å²) in [5.74, 6) is 0. The summed E-state index contributed by atoms with van der Waals surface area (Å²) in [5, 5.41) is 9.17. The van der Waals surface area contributed by atoms with Crippen molar-refractivity contribution in [3.63, 3.8) is 0 Å². The fourth-order valence-electron chi connectivity index (χ4n) is 4.05. The maximum atomic E-state index is 5.66. The Morgan fingerprint density at radius 1 is 1.16 bits per heavy atom. The SMILES string of the molecule is c1csc(-c2nc(CNCC3(N4CCCCC4)CCOCC3)cs2)c1. The number of thiophene rings is 1. The van der Waals surface area contributed by atoms with Crippen LogP contribution in [0.1, 0.15) is 37.8 Å². The molecule has 0 radical (unpaired) electrons. The Balaban J connectivity index is 1.36. The minimum absolute atomic E-state index is 0.283. The third-order valence-corrected chi connectivity index (χ3v) is 7.42. The highest BCUT2D eigenvalue weighted by Gasteiger charge is 2.38. The monoisotopic (exact) mass is 377 g/mol. The Morgan fingerprint density at radius 2 is 2.00 bits per heavy atom. The molecule has 2 aromatic rings. The second-order valence-corrected chi connectivity index (χ2v) is 8.92. The van der Waals surface area contributed by atoms with Gasteiger partial charge in [0.05, 0.1) is 10.6 Å². The number of ether oxygens (including phenoxy) is 1. The van der Waals surface area contributed by atoms with Crippen molar-refractivity contribution in [2.45, 2.75) is 44.2 Å². The number of nitrogens with zero attached hydrogens (tertiary/aromatic N) is 2. The lowest BCUT2D eigenvalue weighted by atomic mass is 9.86. The van der Waals surface area contributed by atoms with E-state index in [1.165, 1.54) is 37.2 Å². The highest BCUT2D eigenvalue weighted by Crippen LogP contribution is 2.31. The molecule has 136 valence electrons. The first-order valence-corrected chi connectivity index (χ1v) is 11.1. The van der Waals surface area contributed by atoms with Crippen molar-refractivity contribution >= 4 is 22.7 Å². The van der Waals surface area contributed by atoms with E-state index in [4.69, 9.17) is 9.72 Å². The van der Waals surface area contributed by atoms with Gasteiger partial charge in [-0.2, -0.15) is 0 Å². The highest BCUT2D eigenvalue weighted by molar-refractivity contribution is 7.20. The Kier molecular flexibility index (Phi) is 5.83. The number of hydrogen-bond acceptors (Lipinski definition) is 6. The zero-order chi connectivity index (χ0) is 17.0. The van der Waals surface area contributed by atoms with E-state index in [-0.39, 0.29) is 5.54 Å². The molecule has 0 saturated carbocycles. The highest BCUT2D eigenvalue weighted by atomic mass is 32.1. The summed E-state index contributed by atoms with van der Waals surface area (Å²) in [5.41, 5.74) is 1.44. The van der Waals surface area contributed by atoms with Gasteiger partial charge < -0.3 is 10.1 Å². The van der Waals surface area contributed by atoms with E-state index in [2.05, 4.69) is 33.1 Å². The zero-order valence-corrected chi connectivity index (χ0v) is 16.3. The molecule has 25 heavy (non-hydrogen) atoms. The second kappa shape index (κ2) is 8.27. The van der Waals surface area contributed by atoms with Crippen molar-refractivity contribution in [1.29, 1.82) is 0 Å². The smallest absolute Gasteiger partial charge is 0.133 e. The van der Waals surface area contributed by atoms with Crippen LogP contribution < -0.4 is 5.32 Å². The quantitative estimate of drug-likeness (QED) is 0.826. The largest absolute Gasteiger partial charge is 0.381 e. The first-order valence-electron chi connectivity index (χ1n) is 9.38. The molecule has 0 bridgehead atoms. The van der Waals surface area contributed by atoms with E-state index in [1.54, 1.807) is 22.7 Å². The molecule has 4 nitrogen and oxygen atoms in total. The first-order chi connectivity index (χ1) is 12.4. The van der Waals surface area contributed by atoms with Crippen molar-refractivity contribution in [2.75, 3.05) is 32.8 Å². The summed E-state index contributed by atoms with van der Waals surface area (Å²) in [7, 11) is 0. The van der Waals surface area contributed by atoms with Crippen LogP contribution >= 0.6 is 22.7 Å². The van der Waals surface area contributed by atoms with Crippen molar-refractivity contribution in [3.05, 3.63) is 28.6 Å². The maximum Gasteiger partial charge on any atom is 0.133 e. The van der Waals surface area contributed by atoms with Crippen LogP contribution in [0.5, 0.6) is 0 Å². The Morgan fingerprint density at radius 3 is 2.76 bits per heavy atom. The van der Waals surface area contributed by atoms with Gasteiger partial charge in [-0.15, -0.1) is 22.7 Å². The van der Waals surface area contributed by atoms with Gasteiger partial charge in [-0.25, -0.2) is 4.98 Å². The Labute approximate surface area is 158 Å². The molecule has 6 heteroatoms. The molecule has 1 N–H and O–H groups in total. The molecule has 2 aliphatic rings. The van der Waals surface area contributed by atoms with Crippen LogP contribution in [-0.2, 0) is 11.3 Å². The van der Waals surface area contributed by atoms with Crippen molar-refractivity contribution in [3.8, 4) is 9.88 Å². The molecule has 2 aromatic heterocycles. The van der Waals surface area contributed by atoms with E-state index < -0.39 is 0 Å². The lowest BCUT2D eigenvalue weighted by molar-refractivity contribution is -0.0358. The lowest BCUT2D eigenvalue weighted by Crippen LogP contribution is -2.59. The fourth-order valence-corrected chi connectivity index (χ4v) is 5.68. The zero-order valence-electron chi connectivity index (χ0n) is 14.7. The first kappa shape index (κ1) is 17.6. The van der Waals surface area contributed by atoms with Gasteiger partial charge in [0.1, 0.15) is 5.01 Å².